The summed E-state index contributed by atoms with van der Waals surface area (Å²) in [6, 6.07) is 0. The van der Waals surface area contributed by atoms with E-state index in [9.17, 15) is 8.42 Å². The van der Waals surface area contributed by atoms with Crippen molar-refractivity contribution in [1.82, 2.24) is 9.44 Å². The first-order valence-corrected chi connectivity index (χ1v) is 6.86. The zero-order valence-corrected chi connectivity index (χ0v) is 9.89. The van der Waals surface area contributed by atoms with Crippen molar-refractivity contribution >= 4 is 10.2 Å². The third-order valence-electron chi connectivity index (χ3n) is 3.11. The fourth-order valence-corrected chi connectivity index (χ4v) is 2.66. The van der Waals surface area contributed by atoms with Gasteiger partial charge >= 0.3 is 0 Å². The summed E-state index contributed by atoms with van der Waals surface area (Å²) < 4.78 is 27.0. The summed E-state index contributed by atoms with van der Waals surface area (Å²) >= 11 is 0. The average molecular weight is 236 g/mol. The molecule has 0 aromatic carbocycles. The Morgan fingerprint density at radius 1 is 1.27 bits per heavy atom. The third kappa shape index (κ3) is 4.06. The number of hydrogen-bond acceptors (Lipinski definition) is 3. The molecule has 0 spiro atoms. The van der Waals surface area contributed by atoms with E-state index in [1.807, 2.05) is 0 Å². The van der Waals surface area contributed by atoms with E-state index in [1.165, 1.54) is 7.05 Å². The first kappa shape index (κ1) is 12.9. The van der Waals surface area contributed by atoms with Crippen molar-refractivity contribution in [2.24, 2.45) is 11.8 Å². The SMILES string of the molecule is CNS(=O)(=O)NCC1CCCCC1CO. The number of rotatable bonds is 5. The lowest BCUT2D eigenvalue weighted by Crippen LogP contribution is -2.40. The highest BCUT2D eigenvalue weighted by Gasteiger charge is 2.25. The molecule has 5 nitrogen and oxygen atoms in total. The molecule has 2 atom stereocenters. The van der Waals surface area contributed by atoms with Gasteiger partial charge in [-0.15, -0.1) is 0 Å². The van der Waals surface area contributed by atoms with Crippen LogP contribution in [0.1, 0.15) is 25.7 Å². The Balaban J connectivity index is 2.42. The van der Waals surface area contributed by atoms with Gasteiger partial charge in [-0.1, -0.05) is 12.8 Å². The van der Waals surface area contributed by atoms with Crippen LogP contribution >= 0.6 is 0 Å². The number of nitrogens with one attached hydrogen (secondary N) is 2. The van der Waals surface area contributed by atoms with Crippen LogP contribution in [0.4, 0.5) is 0 Å². The second-order valence-corrected chi connectivity index (χ2v) is 5.75. The molecule has 0 saturated heterocycles. The Labute approximate surface area is 91.4 Å². The summed E-state index contributed by atoms with van der Waals surface area (Å²) in [7, 11) is -1.95. The van der Waals surface area contributed by atoms with Gasteiger partial charge in [0.2, 0.25) is 0 Å². The summed E-state index contributed by atoms with van der Waals surface area (Å²) in [6.45, 7) is 0.584. The Kier molecular flexibility index (Phi) is 4.98. The third-order valence-corrected chi connectivity index (χ3v) is 4.19. The van der Waals surface area contributed by atoms with Crippen molar-refractivity contribution in [3.05, 3.63) is 0 Å². The molecular weight excluding hydrogens is 216 g/mol. The molecule has 0 aliphatic heterocycles. The van der Waals surface area contributed by atoms with Gasteiger partial charge in [0.05, 0.1) is 0 Å². The molecule has 1 fully saturated rings. The van der Waals surface area contributed by atoms with Crippen molar-refractivity contribution in [1.29, 1.82) is 0 Å². The van der Waals surface area contributed by atoms with Gasteiger partial charge in [-0.2, -0.15) is 8.42 Å². The minimum Gasteiger partial charge on any atom is -0.396 e. The lowest BCUT2D eigenvalue weighted by Gasteiger charge is -2.30. The monoisotopic (exact) mass is 236 g/mol. The van der Waals surface area contributed by atoms with E-state index in [0.717, 1.165) is 25.7 Å². The molecule has 2 unspecified atom stereocenters. The first-order chi connectivity index (χ1) is 7.09. The van der Waals surface area contributed by atoms with Crippen LogP contribution in [0.15, 0.2) is 0 Å². The normalized spacial score (nSPS) is 27.9. The summed E-state index contributed by atoms with van der Waals surface area (Å²) in [4.78, 5) is 0. The summed E-state index contributed by atoms with van der Waals surface area (Å²) in [6.07, 6.45) is 4.27. The van der Waals surface area contributed by atoms with E-state index in [-0.39, 0.29) is 18.4 Å². The fraction of sp³-hybridized carbons (Fsp3) is 1.00. The maximum Gasteiger partial charge on any atom is 0.276 e. The second-order valence-electron chi connectivity index (χ2n) is 4.04. The van der Waals surface area contributed by atoms with Gasteiger partial charge < -0.3 is 5.11 Å². The molecule has 1 rings (SSSR count). The van der Waals surface area contributed by atoms with Crippen molar-refractivity contribution < 1.29 is 13.5 Å². The highest BCUT2D eigenvalue weighted by molar-refractivity contribution is 7.87. The van der Waals surface area contributed by atoms with Crippen molar-refractivity contribution in [3.63, 3.8) is 0 Å². The summed E-state index contributed by atoms with van der Waals surface area (Å²) in [5, 5.41) is 9.16. The lowest BCUT2D eigenvalue weighted by molar-refractivity contribution is 0.136. The molecule has 1 saturated carbocycles. The predicted molar refractivity (Wildman–Crippen MR) is 58.5 cm³/mol. The molecule has 6 heteroatoms. The van der Waals surface area contributed by atoms with Crippen LogP contribution in [0.3, 0.4) is 0 Å². The van der Waals surface area contributed by atoms with Crippen LogP contribution in [0.2, 0.25) is 0 Å². The minimum atomic E-state index is -3.33. The molecule has 1 aliphatic carbocycles. The first-order valence-electron chi connectivity index (χ1n) is 5.38. The molecule has 0 heterocycles. The number of aliphatic hydroxyl groups excluding tert-OH is 1. The van der Waals surface area contributed by atoms with Gasteiger partial charge in [-0.05, 0) is 24.7 Å². The van der Waals surface area contributed by atoms with E-state index < -0.39 is 10.2 Å². The molecule has 0 bridgehead atoms. The van der Waals surface area contributed by atoms with Crippen LogP contribution in [-0.4, -0.2) is 33.7 Å². The largest absolute Gasteiger partial charge is 0.396 e. The van der Waals surface area contributed by atoms with Crippen LogP contribution < -0.4 is 9.44 Å². The molecule has 90 valence electrons. The van der Waals surface area contributed by atoms with E-state index in [4.69, 9.17) is 5.11 Å². The van der Waals surface area contributed by atoms with E-state index in [2.05, 4.69) is 9.44 Å². The smallest absolute Gasteiger partial charge is 0.276 e. The zero-order valence-electron chi connectivity index (χ0n) is 9.07. The minimum absolute atomic E-state index is 0.159. The second kappa shape index (κ2) is 5.79. The molecule has 1 aliphatic rings. The van der Waals surface area contributed by atoms with Crippen LogP contribution in [0.25, 0.3) is 0 Å². The van der Waals surface area contributed by atoms with Gasteiger partial charge in [-0.25, -0.2) is 9.44 Å². The Hall–Kier alpha value is -0.170. The standard InChI is InChI=1S/C9H20N2O3S/c1-10-15(13,14)11-6-8-4-2-3-5-9(8)7-12/h8-12H,2-7H2,1H3. The molecular formula is C9H20N2O3S. The zero-order chi connectivity index (χ0) is 11.3. The number of hydrogen-bond donors (Lipinski definition) is 3. The van der Waals surface area contributed by atoms with Gasteiger partial charge in [-0.3, -0.25) is 0 Å². The van der Waals surface area contributed by atoms with Crippen molar-refractivity contribution in [2.45, 2.75) is 25.7 Å². The predicted octanol–water partition coefficient (Wildman–Crippen LogP) is -0.161. The Morgan fingerprint density at radius 3 is 2.40 bits per heavy atom. The summed E-state index contributed by atoms with van der Waals surface area (Å²) in [5.41, 5.74) is 0. The van der Waals surface area contributed by atoms with E-state index in [0.29, 0.717) is 6.54 Å². The highest BCUT2D eigenvalue weighted by atomic mass is 32.2. The van der Waals surface area contributed by atoms with E-state index >= 15 is 0 Å². The quantitative estimate of drug-likeness (QED) is 0.620. The molecule has 0 radical (unpaired) electrons. The van der Waals surface area contributed by atoms with Crippen LogP contribution in [0.5, 0.6) is 0 Å². The average Bonchev–Trinajstić information content (AvgIpc) is 2.27. The van der Waals surface area contributed by atoms with Gasteiger partial charge in [0.25, 0.3) is 10.2 Å². The maximum atomic E-state index is 11.2. The van der Waals surface area contributed by atoms with Crippen LogP contribution in [0, 0.1) is 11.8 Å². The molecule has 0 aromatic rings. The van der Waals surface area contributed by atoms with Gasteiger partial charge in [0.15, 0.2) is 0 Å². The van der Waals surface area contributed by atoms with E-state index in [1.54, 1.807) is 0 Å². The Bertz CT molecular complexity index is 279. The Morgan fingerprint density at radius 2 is 1.87 bits per heavy atom. The molecule has 3 N–H and O–H groups in total. The van der Waals surface area contributed by atoms with Crippen molar-refractivity contribution in [2.75, 3.05) is 20.2 Å². The van der Waals surface area contributed by atoms with Crippen LogP contribution in [-0.2, 0) is 10.2 Å². The highest BCUT2D eigenvalue weighted by Crippen LogP contribution is 2.29. The van der Waals surface area contributed by atoms with Crippen molar-refractivity contribution in [3.8, 4) is 0 Å². The molecule has 0 amide bonds. The van der Waals surface area contributed by atoms with Gasteiger partial charge in [0, 0.05) is 20.2 Å². The van der Waals surface area contributed by atoms with Gasteiger partial charge in [0.1, 0.15) is 0 Å². The maximum absolute atomic E-state index is 11.2. The topological polar surface area (TPSA) is 78.4 Å². The summed E-state index contributed by atoms with van der Waals surface area (Å²) in [5.74, 6) is 0.519. The molecule has 0 aromatic heterocycles. The lowest BCUT2D eigenvalue weighted by atomic mass is 9.80. The number of aliphatic hydroxyl groups is 1. The fourth-order valence-electron chi connectivity index (χ4n) is 2.08. The molecule has 15 heavy (non-hydrogen) atoms.